The first-order chi connectivity index (χ1) is 13.3. The van der Waals surface area contributed by atoms with Crippen molar-refractivity contribution in [3.63, 3.8) is 0 Å². The molecule has 11 heteroatoms. The Labute approximate surface area is 162 Å². The van der Waals surface area contributed by atoms with Crippen LogP contribution in [0.1, 0.15) is 16.9 Å². The SMILES string of the molecule is Cc1ccc(-c2noc(C)c2-c2cc(F)c(S(N)(=O)=O)cc2F)cc1C(F)(F)F. The molecule has 0 aliphatic heterocycles. The second-order valence-corrected chi connectivity index (χ2v) is 7.83. The lowest BCUT2D eigenvalue weighted by atomic mass is 9.96. The van der Waals surface area contributed by atoms with Gasteiger partial charge in [-0.05, 0) is 37.6 Å². The van der Waals surface area contributed by atoms with Crippen molar-refractivity contribution in [3.05, 3.63) is 58.9 Å². The summed E-state index contributed by atoms with van der Waals surface area (Å²) in [4.78, 5) is -1.05. The predicted octanol–water partition coefficient (Wildman–Crippen LogP) is 4.57. The average molecular weight is 432 g/mol. The van der Waals surface area contributed by atoms with Crippen molar-refractivity contribution in [2.75, 3.05) is 0 Å². The molecular weight excluding hydrogens is 419 g/mol. The first-order valence-electron chi connectivity index (χ1n) is 7.97. The normalized spacial score (nSPS) is 12.4. The fourth-order valence-electron chi connectivity index (χ4n) is 2.90. The molecule has 0 radical (unpaired) electrons. The Morgan fingerprint density at radius 1 is 1.03 bits per heavy atom. The van der Waals surface area contributed by atoms with Gasteiger partial charge in [-0.25, -0.2) is 22.3 Å². The van der Waals surface area contributed by atoms with Crippen LogP contribution in [0.5, 0.6) is 0 Å². The Morgan fingerprint density at radius 3 is 2.28 bits per heavy atom. The average Bonchev–Trinajstić information content (AvgIpc) is 2.96. The lowest BCUT2D eigenvalue weighted by molar-refractivity contribution is -0.138. The molecule has 1 aromatic heterocycles. The van der Waals surface area contributed by atoms with Crippen LogP contribution >= 0.6 is 0 Å². The Bertz CT molecular complexity index is 1220. The number of hydrogen-bond donors (Lipinski definition) is 1. The van der Waals surface area contributed by atoms with Crippen molar-refractivity contribution in [3.8, 4) is 22.4 Å². The molecule has 3 rings (SSSR count). The lowest BCUT2D eigenvalue weighted by Crippen LogP contribution is -2.14. The summed E-state index contributed by atoms with van der Waals surface area (Å²) in [5, 5.41) is 8.53. The minimum Gasteiger partial charge on any atom is -0.360 e. The summed E-state index contributed by atoms with van der Waals surface area (Å²) in [7, 11) is -4.52. The second kappa shape index (κ2) is 6.92. The molecule has 2 N–H and O–H groups in total. The van der Waals surface area contributed by atoms with Crippen LogP contribution in [0.3, 0.4) is 0 Å². The first kappa shape index (κ1) is 20.9. The van der Waals surface area contributed by atoms with E-state index in [1.165, 1.54) is 26.0 Å². The van der Waals surface area contributed by atoms with Crippen LogP contribution in [0, 0.1) is 25.5 Å². The maximum absolute atomic E-state index is 14.6. The van der Waals surface area contributed by atoms with Gasteiger partial charge < -0.3 is 4.52 Å². The van der Waals surface area contributed by atoms with E-state index in [9.17, 15) is 30.4 Å². The number of rotatable bonds is 3. The maximum Gasteiger partial charge on any atom is 0.416 e. The molecule has 0 unspecified atom stereocenters. The number of sulfonamides is 1. The van der Waals surface area contributed by atoms with E-state index in [4.69, 9.17) is 9.66 Å². The molecule has 0 amide bonds. The van der Waals surface area contributed by atoms with Gasteiger partial charge in [-0.2, -0.15) is 13.2 Å². The molecule has 154 valence electrons. The van der Waals surface area contributed by atoms with Gasteiger partial charge in [0.25, 0.3) is 0 Å². The van der Waals surface area contributed by atoms with Crippen LogP contribution < -0.4 is 5.14 Å². The monoisotopic (exact) mass is 432 g/mol. The smallest absolute Gasteiger partial charge is 0.360 e. The summed E-state index contributed by atoms with van der Waals surface area (Å²) < 4.78 is 96.2. The number of nitrogens with zero attached hydrogens (tertiary/aromatic N) is 1. The number of aryl methyl sites for hydroxylation is 2. The van der Waals surface area contributed by atoms with E-state index in [2.05, 4.69) is 5.16 Å². The molecule has 0 saturated heterocycles. The van der Waals surface area contributed by atoms with Crippen molar-refractivity contribution >= 4 is 10.0 Å². The van der Waals surface area contributed by atoms with Gasteiger partial charge in [0.15, 0.2) is 0 Å². The Hall–Kier alpha value is -2.79. The third-order valence-corrected chi connectivity index (χ3v) is 5.20. The molecular formula is C18H13F5N2O3S. The molecule has 0 saturated carbocycles. The fourth-order valence-corrected chi connectivity index (χ4v) is 3.50. The molecule has 0 aliphatic carbocycles. The highest BCUT2D eigenvalue weighted by molar-refractivity contribution is 7.89. The van der Waals surface area contributed by atoms with Gasteiger partial charge >= 0.3 is 6.18 Å². The highest BCUT2D eigenvalue weighted by Gasteiger charge is 2.33. The number of aromatic nitrogens is 1. The number of halogens is 5. The Balaban J connectivity index is 2.25. The number of alkyl halides is 3. The van der Waals surface area contributed by atoms with Crippen LogP contribution in [0.25, 0.3) is 22.4 Å². The zero-order valence-electron chi connectivity index (χ0n) is 14.9. The zero-order chi connectivity index (χ0) is 21.7. The van der Waals surface area contributed by atoms with Gasteiger partial charge in [0, 0.05) is 11.1 Å². The van der Waals surface area contributed by atoms with Crippen LogP contribution in [-0.4, -0.2) is 13.6 Å². The molecule has 3 aromatic rings. The third-order valence-electron chi connectivity index (χ3n) is 4.28. The highest BCUT2D eigenvalue weighted by atomic mass is 32.2. The number of hydrogen-bond acceptors (Lipinski definition) is 4. The van der Waals surface area contributed by atoms with Crippen molar-refractivity contribution in [1.29, 1.82) is 0 Å². The summed E-state index contributed by atoms with van der Waals surface area (Å²) in [5.41, 5.74) is -1.69. The molecule has 0 spiro atoms. The summed E-state index contributed by atoms with van der Waals surface area (Å²) in [6.07, 6.45) is -4.63. The zero-order valence-corrected chi connectivity index (χ0v) is 15.8. The minimum atomic E-state index is -4.63. The number of benzene rings is 2. The quantitative estimate of drug-likeness (QED) is 0.615. The van der Waals surface area contributed by atoms with Gasteiger partial charge in [0.1, 0.15) is 28.0 Å². The van der Waals surface area contributed by atoms with E-state index in [0.29, 0.717) is 12.1 Å². The topological polar surface area (TPSA) is 86.2 Å². The van der Waals surface area contributed by atoms with Gasteiger partial charge in [0.05, 0.1) is 11.1 Å². The number of nitrogens with two attached hydrogens (primary N) is 1. The van der Waals surface area contributed by atoms with E-state index >= 15 is 0 Å². The molecule has 0 atom stereocenters. The Morgan fingerprint density at radius 2 is 1.69 bits per heavy atom. The van der Waals surface area contributed by atoms with Crippen molar-refractivity contribution < 1.29 is 34.9 Å². The second-order valence-electron chi connectivity index (χ2n) is 6.30. The first-order valence-corrected chi connectivity index (χ1v) is 9.52. The lowest BCUT2D eigenvalue weighted by Gasteiger charge is -2.12. The standard InChI is InChI=1S/C18H13F5N2O3S/c1-8-3-4-10(5-12(8)18(21,22)23)17-16(9(2)28-25-17)11-6-14(20)15(7-13(11)19)29(24,26)27/h3-7H,1-2H3,(H2,24,26,27). The largest absolute Gasteiger partial charge is 0.416 e. The van der Waals surface area contributed by atoms with E-state index in [1.807, 2.05) is 0 Å². The highest BCUT2D eigenvalue weighted by Crippen LogP contribution is 2.40. The van der Waals surface area contributed by atoms with Crippen LogP contribution in [0.4, 0.5) is 22.0 Å². The fraction of sp³-hybridized carbons (Fsp3) is 0.167. The third kappa shape index (κ3) is 3.87. The Kier molecular flexibility index (Phi) is 4.99. The van der Waals surface area contributed by atoms with Crippen molar-refractivity contribution in [1.82, 2.24) is 5.16 Å². The maximum atomic E-state index is 14.6. The van der Waals surface area contributed by atoms with E-state index < -0.39 is 43.9 Å². The summed E-state index contributed by atoms with van der Waals surface area (Å²) >= 11 is 0. The van der Waals surface area contributed by atoms with Crippen LogP contribution in [0.2, 0.25) is 0 Å². The van der Waals surface area contributed by atoms with Gasteiger partial charge in [-0.1, -0.05) is 17.3 Å². The van der Waals surface area contributed by atoms with Gasteiger partial charge in [-0.15, -0.1) is 0 Å². The molecule has 2 aromatic carbocycles. The van der Waals surface area contributed by atoms with Gasteiger partial charge in [-0.3, -0.25) is 0 Å². The van der Waals surface area contributed by atoms with Crippen molar-refractivity contribution in [2.45, 2.75) is 24.9 Å². The predicted molar refractivity (Wildman–Crippen MR) is 93.1 cm³/mol. The summed E-state index contributed by atoms with van der Waals surface area (Å²) in [6.45, 7) is 2.64. The number of primary sulfonamides is 1. The van der Waals surface area contributed by atoms with E-state index in [-0.39, 0.29) is 28.1 Å². The molecule has 5 nitrogen and oxygen atoms in total. The molecule has 0 aliphatic rings. The molecule has 29 heavy (non-hydrogen) atoms. The van der Waals surface area contributed by atoms with Crippen molar-refractivity contribution in [2.24, 2.45) is 5.14 Å². The van der Waals surface area contributed by atoms with Crippen LogP contribution in [-0.2, 0) is 16.2 Å². The summed E-state index contributed by atoms with van der Waals surface area (Å²) in [5.74, 6) is -2.49. The summed E-state index contributed by atoms with van der Waals surface area (Å²) in [6, 6.07) is 4.35. The minimum absolute atomic E-state index is 0.00390. The molecule has 0 bridgehead atoms. The molecule has 1 heterocycles. The van der Waals surface area contributed by atoms with E-state index in [0.717, 1.165) is 6.07 Å². The molecule has 0 fully saturated rings. The van der Waals surface area contributed by atoms with Gasteiger partial charge in [0.2, 0.25) is 10.0 Å². The van der Waals surface area contributed by atoms with Crippen LogP contribution in [0.15, 0.2) is 39.8 Å². The van der Waals surface area contributed by atoms with E-state index in [1.54, 1.807) is 0 Å².